The molecule has 5 heteroatoms. The zero-order chi connectivity index (χ0) is 16.1. The van der Waals surface area contributed by atoms with Crippen LogP contribution in [0.3, 0.4) is 0 Å². The standard InChI is InChI=1S/C17H17Cl2NO2/c1-11-4-3-5-15(8-11)22-12(2)17(21)20-10-13-6-7-14(18)9-16(13)19/h3-9,12H,10H2,1-2H3,(H,20,21). The fraction of sp³-hybridized carbons (Fsp3) is 0.235. The van der Waals surface area contributed by atoms with E-state index in [1.54, 1.807) is 25.1 Å². The Kier molecular flexibility index (Phi) is 5.69. The van der Waals surface area contributed by atoms with Crippen LogP contribution in [0, 0.1) is 6.92 Å². The molecule has 22 heavy (non-hydrogen) atoms. The number of aryl methyl sites for hydroxylation is 1. The number of ether oxygens (including phenoxy) is 1. The average Bonchev–Trinajstić information content (AvgIpc) is 2.46. The molecule has 1 amide bonds. The molecular weight excluding hydrogens is 321 g/mol. The van der Waals surface area contributed by atoms with Crippen LogP contribution in [0.5, 0.6) is 5.75 Å². The maximum absolute atomic E-state index is 12.1. The molecule has 2 aromatic rings. The second kappa shape index (κ2) is 7.52. The molecule has 0 saturated heterocycles. The Morgan fingerprint density at radius 3 is 2.68 bits per heavy atom. The highest BCUT2D eigenvalue weighted by molar-refractivity contribution is 6.35. The van der Waals surface area contributed by atoms with Gasteiger partial charge in [0.25, 0.3) is 5.91 Å². The van der Waals surface area contributed by atoms with Gasteiger partial charge in [0.1, 0.15) is 5.75 Å². The van der Waals surface area contributed by atoms with Gasteiger partial charge in [0.15, 0.2) is 6.10 Å². The first kappa shape index (κ1) is 16.7. The van der Waals surface area contributed by atoms with Gasteiger partial charge in [-0.2, -0.15) is 0 Å². The molecule has 0 fully saturated rings. The van der Waals surface area contributed by atoms with Crippen molar-refractivity contribution in [1.82, 2.24) is 5.32 Å². The fourth-order valence-electron chi connectivity index (χ4n) is 1.94. The van der Waals surface area contributed by atoms with Crippen molar-refractivity contribution in [2.45, 2.75) is 26.5 Å². The average molecular weight is 338 g/mol. The number of nitrogens with one attached hydrogen (secondary N) is 1. The molecule has 1 atom stereocenters. The van der Waals surface area contributed by atoms with Gasteiger partial charge >= 0.3 is 0 Å². The summed E-state index contributed by atoms with van der Waals surface area (Å²) in [6, 6.07) is 12.8. The van der Waals surface area contributed by atoms with Gasteiger partial charge in [-0.25, -0.2) is 0 Å². The second-order valence-corrected chi connectivity index (χ2v) is 5.87. The van der Waals surface area contributed by atoms with Crippen LogP contribution < -0.4 is 10.1 Å². The van der Waals surface area contributed by atoms with Crippen molar-refractivity contribution in [1.29, 1.82) is 0 Å². The molecule has 0 aliphatic heterocycles. The van der Waals surface area contributed by atoms with Crippen LogP contribution >= 0.6 is 23.2 Å². The van der Waals surface area contributed by atoms with Gasteiger partial charge in [-0.3, -0.25) is 4.79 Å². The lowest BCUT2D eigenvalue weighted by atomic mass is 10.2. The van der Waals surface area contributed by atoms with Gasteiger partial charge in [0, 0.05) is 16.6 Å². The molecule has 0 aliphatic carbocycles. The summed E-state index contributed by atoms with van der Waals surface area (Å²) < 4.78 is 5.63. The van der Waals surface area contributed by atoms with Gasteiger partial charge in [0.05, 0.1) is 0 Å². The molecule has 2 aromatic carbocycles. The Balaban J connectivity index is 1.91. The molecule has 2 rings (SSSR count). The van der Waals surface area contributed by atoms with E-state index in [0.29, 0.717) is 22.3 Å². The SMILES string of the molecule is Cc1cccc(OC(C)C(=O)NCc2ccc(Cl)cc2Cl)c1. The smallest absolute Gasteiger partial charge is 0.261 e. The van der Waals surface area contributed by atoms with Gasteiger partial charge in [0.2, 0.25) is 0 Å². The first-order valence-electron chi connectivity index (χ1n) is 6.90. The Bertz CT molecular complexity index is 673. The largest absolute Gasteiger partial charge is 0.481 e. The predicted molar refractivity (Wildman–Crippen MR) is 89.6 cm³/mol. The van der Waals surface area contributed by atoms with E-state index in [0.717, 1.165) is 11.1 Å². The van der Waals surface area contributed by atoms with Crippen LogP contribution in [0.1, 0.15) is 18.1 Å². The molecule has 0 spiro atoms. The molecule has 1 N–H and O–H groups in total. The minimum atomic E-state index is -0.590. The number of hydrogen-bond donors (Lipinski definition) is 1. The third kappa shape index (κ3) is 4.65. The number of amides is 1. The molecule has 0 bridgehead atoms. The Hall–Kier alpha value is -1.71. The van der Waals surface area contributed by atoms with Crippen molar-refractivity contribution in [3.63, 3.8) is 0 Å². The highest BCUT2D eigenvalue weighted by Gasteiger charge is 2.14. The predicted octanol–water partition coefficient (Wildman–Crippen LogP) is 4.39. The summed E-state index contributed by atoms with van der Waals surface area (Å²) in [6.45, 7) is 4.01. The fourth-order valence-corrected chi connectivity index (χ4v) is 2.41. The molecule has 0 heterocycles. The highest BCUT2D eigenvalue weighted by atomic mass is 35.5. The Morgan fingerprint density at radius 2 is 2.00 bits per heavy atom. The number of benzene rings is 2. The van der Waals surface area contributed by atoms with E-state index in [-0.39, 0.29) is 5.91 Å². The highest BCUT2D eigenvalue weighted by Crippen LogP contribution is 2.21. The summed E-state index contributed by atoms with van der Waals surface area (Å²) in [4.78, 5) is 12.1. The minimum Gasteiger partial charge on any atom is -0.481 e. The number of carbonyl (C=O) groups excluding carboxylic acids is 1. The zero-order valence-electron chi connectivity index (χ0n) is 12.4. The monoisotopic (exact) mass is 337 g/mol. The van der Waals surface area contributed by atoms with E-state index >= 15 is 0 Å². The molecule has 0 radical (unpaired) electrons. The summed E-state index contributed by atoms with van der Waals surface area (Å²) in [5.74, 6) is 0.472. The van der Waals surface area contributed by atoms with E-state index in [4.69, 9.17) is 27.9 Å². The molecule has 1 unspecified atom stereocenters. The maximum atomic E-state index is 12.1. The van der Waals surface area contributed by atoms with Crippen molar-refractivity contribution in [3.8, 4) is 5.75 Å². The third-order valence-corrected chi connectivity index (χ3v) is 3.73. The number of halogens is 2. The van der Waals surface area contributed by atoms with Gasteiger partial charge in [-0.1, -0.05) is 41.4 Å². The maximum Gasteiger partial charge on any atom is 0.261 e. The second-order valence-electron chi connectivity index (χ2n) is 5.03. The van der Waals surface area contributed by atoms with Gasteiger partial charge in [-0.15, -0.1) is 0 Å². The molecular formula is C17H17Cl2NO2. The van der Waals surface area contributed by atoms with Crippen LogP contribution in [-0.4, -0.2) is 12.0 Å². The molecule has 0 aromatic heterocycles. The van der Waals surface area contributed by atoms with E-state index in [1.807, 2.05) is 31.2 Å². The quantitative estimate of drug-likeness (QED) is 0.878. The van der Waals surface area contributed by atoms with E-state index in [9.17, 15) is 4.79 Å². The number of hydrogen-bond acceptors (Lipinski definition) is 2. The first-order chi connectivity index (χ1) is 10.5. The van der Waals surface area contributed by atoms with E-state index < -0.39 is 6.10 Å². The Labute approximate surface area is 140 Å². The van der Waals surface area contributed by atoms with Crippen molar-refractivity contribution in [2.75, 3.05) is 0 Å². The zero-order valence-corrected chi connectivity index (χ0v) is 13.9. The van der Waals surface area contributed by atoms with Crippen molar-refractivity contribution in [3.05, 3.63) is 63.6 Å². The topological polar surface area (TPSA) is 38.3 Å². The van der Waals surface area contributed by atoms with Crippen LogP contribution in [0.25, 0.3) is 0 Å². The first-order valence-corrected chi connectivity index (χ1v) is 7.66. The summed E-state index contributed by atoms with van der Waals surface area (Å²) >= 11 is 11.9. The van der Waals surface area contributed by atoms with Crippen LogP contribution in [0.2, 0.25) is 10.0 Å². The Morgan fingerprint density at radius 1 is 1.23 bits per heavy atom. The van der Waals surface area contributed by atoms with Crippen LogP contribution in [0.4, 0.5) is 0 Å². The lowest BCUT2D eigenvalue weighted by molar-refractivity contribution is -0.127. The van der Waals surface area contributed by atoms with E-state index in [2.05, 4.69) is 5.32 Å². The summed E-state index contributed by atoms with van der Waals surface area (Å²) in [7, 11) is 0. The van der Waals surface area contributed by atoms with Gasteiger partial charge in [-0.05, 0) is 49.2 Å². The minimum absolute atomic E-state index is 0.201. The number of rotatable bonds is 5. The van der Waals surface area contributed by atoms with Crippen LogP contribution in [-0.2, 0) is 11.3 Å². The van der Waals surface area contributed by atoms with Crippen molar-refractivity contribution < 1.29 is 9.53 Å². The summed E-state index contributed by atoms with van der Waals surface area (Å²) in [5, 5.41) is 3.90. The van der Waals surface area contributed by atoms with Crippen molar-refractivity contribution >= 4 is 29.1 Å². The van der Waals surface area contributed by atoms with Gasteiger partial charge < -0.3 is 10.1 Å². The lowest BCUT2D eigenvalue weighted by Gasteiger charge is -2.15. The third-order valence-electron chi connectivity index (χ3n) is 3.14. The molecule has 0 aliphatic rings. The molecule has 0 saturated carbocycles. The van der Waals surface area contributed by atoms with E-state index in [1.165, 1.54) is 0 Å². The molecule has 116 valence electrons. The molecule has 3 nitrogen and oxygen atoms in total. The number of carbonyl (C=O) groups is 1. The normalized spacial score (nSPS) is 11.8. The van der Waals surface area contributed by atoms with Crippen LogP contribution in [0.15, 0.2) is 42.5 Å². The lowest BCUT2D eigenvalue weighted by Crippen LogP contribution is -2.35. The summed E-state index contributed by atoms with van der Waals surface area (Å²) in [6.07, 6.45) is -0.590. The summed E-state index contributed by atoms with van der Waals surface area (Å²) in [5.41, 5.74) is 1.89. The van der Waals surface area contributed by atoms with Crippen molar-refractivity contribution in [2.24, 2.45) is 0 Å².